The first-order chi connectivity index (χ1) is 16.6. The van der Waals surface area contributed by atoms with Crippen LogP contribution in [0.1, 0.15) is 36.1 Å². The van der Waals surface area contributed by atoms with Crippen LogP contribution in [0.4, 0.5) is 4.39 Å². The number of halogens is 1. The van der Waals surface area contributed by atoms with Gasteiger partial charge in [-0.2, -0.15) is 0 Å². The lowest BCUT2D eigenvalue weighted by Gasteiger charge is -2.14. The second-order valence-corrected chi connectivity index (χ2v) is 10.1. The number of pyridine rings is 1. The molecule has 0 saturated heterocycles. The number of rotatable bonds is 5. The third-order valence-corrected chi connectivity index (χ3v) is 7.50. The molecule has 1 amide bonds. The Morgan fingerprint density at radius 3 is 2.74 bits per heavy atom. The number of carbonyl (C=O) groups excluding carboxylic acids is 1. The molecule has 0 fully saturated rings. The van der Waals surface area contributed by atoms with Crippen LogP contribution in [0.3, 0.4) is 0 Å². The zero-order valence-corrected chi connectivity index (χ0v) is 20.6. The molecule has 180 valence electrons. The van der Waals surface area contributed by atoms with Gasteiger partial charge in [0.25, 0.3) is 11.5 Å². The van der Waals surface area contributed by atoms with Crippen LogP contribution < -0.4 is 10.9 Å². The van der Waals surface area contributed by atoms with Crippen LogP contribution in [0.5, 0.6) is 0 Å². The van der Waals surface area contributed by atoms with Gasteiger partial charge in [0, 0.05) is 47.2 Å². The van der Waals surface area contributed by atoms with E-state index in [1.807, 2.05) is 25.1 Å². The maximum Gasteiger partial charge on any atom is 0.274 e. The predicted octanol–water partition coefficient (Wildman–Crippen LogP) is 4.66. The molecule has 7 nitrogen and oxygen atoms in total. The van der Waals surface area contributed by atoms with E-state index in [-0.39, 0.29) is 23.0 Å². The van der Waals surface area contributed by atoms with Gasteiger partial charge in [-0.15, -0.1) is 11.3 Å². The van der Waals surface area contributed by atoms with Crippen molar-refractivity contribution in [1.82, 2.24) is 19.4 Å². The quantitative estimate of drug-likeness (QED) is 0.333. The number of H-pyrrole nitrogens is 1. The normalized spacial score (nSPS) is 12.1. The summed E-state index contributed by atoms with van der Waals surface area (Å²) in [4.78, 5) is 29.8. The van der Waals surface area contributed by atoms with E-state index in [9.17, 15) is 19.1 Å². The second-order valence-electron chi connectivity index (χ2n) is 9.04. The first kappa shape index (κ1) is 23.1. The minimum absolute atomic E-state index is 0.266. The van der Waals surface area contributed by atoms with Crippen molar-refractivity contribution >= 4 is 39.0 Å². The Morgan fingerprint density at radius 2 is 2.03 bits per heavy atom. The lowest BCUT2D eigenvalue weighted by Crippen LogP contribution is -2.23. The largest absolute Gasteiger partial charge is 0.385 e. The first-order valence-electron chi connectivity index (χ1n) is 11.2. The summed E-state index contributed by atoms with van der Waals surface area (Å²) >= 11 is 1.37. The van der Waals surface area contributed by atoms with Gasteiger partial charge in [-0.05, 0) is 45.0 Å². The van der Waals surface area contributed by atoms with Crippen molar-refractivity contribution in [3.63, 3.8) is 0 Å². The molecule has 0 unspecified atom stereocenters. The number of amides is 1. The highest BCUT2D eigenvalue weighted by Crippen LogP contribution is 2.43. The molecule has 0 aliphatic heterocycles. The smallest absolute Gasteiger partial charge is 0.274 e. The van der Waals surface area contributed by atoms with Crippen LogP contribution in [0.15, 0.2) is 53.6 Å². The SMILES string of the molecule is CCNC(=O)c1cc2c(-c3sc(C(C)(C)O)cc3-n3ccc4cccc(F)c43)cn(C)c(=O)c2[nH]1. The molecule has 1 aromatic carbocycles. The van der Waals surface area contributed by atoms with Crippen molar-refractivity contribution in [2.75, 3.05) is 6.54 Å². The summed E-state index contributed by atoms with van der Waals surface area (Å²) in [6, 6.07) is 10.3. The molecule has 35 heavy (non-hydrogen) atoms. The van der Waals surface area contributed by atoms with Crippen molar-refractivity contribution in [3.05, 3.63) is 75.5 Å². The molecule has 5 rings (SSSR count). The molecule has 0 bridgehead atoms. The Kier molecular flexibility index (Phi) is 5.41. The lowest BCUT2D eigenvalue weighted by molar-refractivity contribution is 0.0825. The highest BCUT2D eigenvalue weighted by molar-refractivity contribution is 7.16. The van der Waals surface area contributed by atoms with E-state index in [1.54, 1.807) is 50.0 Å². The number of carbonyl (C=O) groups is 1. The minimum atomic E-state index is -1.14. The number of thiophene rings is 1. The van der Waals surface area contributed by atoms with E-state index < -0.39 is 5.60 Å². The van der Waals surface area contributed by atoms with Crippen LogP contribution in [0, 0.1) is 5.82 Å². The van der Waals surface area contributed by atoms with Gasteiger partial charge in [-0.25, -0.2) is 4.39 Å². The van der Waals surface area contributed by atoms with Gasteiger partial charge < -0.3 is 24.5 Å². The average molecular weight is 493 g/mol. The molecule has 0 spiro atoms. The van der Waals surface area contributed by atoms with Crippen molar-refractivity contribution in [3.8, 4) is 16.1 Å². The van der Waals surface area contributed by atoms with Crippen molar-refractivity contribution in [1.29, 1.82) is 0 Å². The number of aryl methyl sites for hydroxylation is 1. The van der Waals surface area contributed by atoms with E-state index in [1.165, 1.54) is 22.0 Å². The highest BCUT2D eigenvalue weighted by atomic mass is 32.1. The van der Waals surface area contributed by atoms with E-state index in [0.717, 1.165) is 10.3 Å². The van der Waals surface area contributed by atoms with Crippen LogP contribution in [-0.2, 0) is 12.6 Å². The monoisotopic (exact) mass is 492 g/mol. The number of aliphatic hydroxyl groups is 1. The van der Waals surface area contributed by atoms with Crippen LogP contribution in [-0.4, -0.2) is 31.7 Å². The zero-order valence-electron chi connectivity index (χ0n) is 19.8. The van der Waals surface area contributed by atoms with Gasteiger partial charge in [-0.3, -0.25) is 9.59 Å². The van der Waals surface area contributed by atoms with E-state index in [0.29, 0.717) is 39.1 Å². The fourth-order valence-electron chi connectivity index (χ4n) is 4.30. The molecular weight excluding hydrogens is 467 g/mol. The summed E-state index contributed by atoms with van der Waals surface area (Å²) in [5.41, 5.74) is 0.979. The number of hydrogen-bond acceptors (Lipinski definition) is 4. The molecule has 0 saturated carbocycles. The van der Waals surface area contributed by atoms with Crippen molar-refractivity contribution in [2.45, 2.75) is 26.4 Å². The Hall–Kier alpha value is -3.69. The summed E-state index contributed by atoms with van der Waals surface area (Å²) in [6.07, 6.45) is 3.51. The van der Waals surface area contributed by atoms with Gasteiger partial charge in [0.2, 0.25) is 0 Å². The molecular formula is C26H25FN4O3S. The third-order valence-electron chi connectivity index (χ3n) is 6.03. The van der Waals surface area contributed by atoms with E-state index in [4.69, 9.17) is 0 Å². The Bertz CT molecular complexity index is 1670. The number of aromatic nitrogens is 3. The van der Waals surface area contributed by atoms with Crippen molar-refractivity contribution in [2.24, 2.45) is 7.05 Å². The van der Waals surface area contributed by atoms with Gasteiger partial charge in [0.1, 0.15) is 17.0 Å². The third kappa shape index (κ3) is 3.77. The zero-order chi connectivity index (χ0) is 25.1. The molecule has 4 aromatic heterocycles. The molecule has 3 N–H and O–H groups in total. The molecule has 9 heteroatoms. The van der Waals surface area contributed by atoms with Gasteiger partial charge in [-0.1, -0.05) is 12.1 Å². The second kappa shape index (κ2) is 8.21. The number of benzene rings is 1. The van der Waals surface area contributed by atoms with E-state index >= 15 is 0 Å². The molecule has 0 aliphatic carbocycles. The number of para-hydroxylation sites is 1. The lowest BCUT2D eigenvalue weighted by atomic mass is 10.1. The molecule has 0 aliphatic rings. The summed E-state index contributed by atoms with van der Waals surface area (Å²) < 4.78 is 18.1. The van der Waals surface area contributed by atoms with Crippen LogP contribution in [0.25, 0.3) is 37.9 Å². The van der Waals surface area contributed by atoms with Gasteiger partial charge in [0.05, 0.1) is 21.7 Å². The number of aromatic amines is 1. The van der Waals surface area contributed by atoms with Gasteiger partial charge >= 0.3 is 0 Å². The fraction of sp³-hybridized carbons (Fsp3) is 0.231. The number of nitrogens with one attached hydrogen (secondary N) is 2. The maximum atomic E-state index is 14.9. The molecule has 4 heterocycles. The van der Waals surface area contributed by atoms with Crippen molar-refractivity contribution < 1.29 is 14.3 Å². The fourth-order valence-corrected chi connectivity index (χ4v) is 5.47. The Balaban J connectivity index is 1.84. The first-order valence-corrected chi connectivity index (χ1v) is 12.1. The average Bonchev–Trinajstić information content (AvgIpc) is 3.52. The summed E-state index contributed by atoms with van der Waals surface area (Å²) in [7, 11) is 1.65. The number of fused-ring (bicyclic) bond motifs is 2. The summed E-state index contributed by atoms with van der Waals surface area (Å²) in [5, 5.41) is 14.9. The Morgan fingerprint density at radius 1 is 1.26 bits per heavy atom. The molecule has 5 aromatic rings. The topological polar surface area (TPSA) is 92.0 Å². The van der Waals surface area contributed by atoms with E-state index in [2.05, 4.69) is 10.3 Å². The van der Waals surface area contributed by atoms with Gasteiger partial charge in [0.15, 0.2) is 0 Å². The van der Waals surface area contributed by atoms with Crippen LogP contribution >= 0.6 is 11.3 Å². The predicted molar refractivity (Wildman–Crippen MR) is 137 cm³/mol. The van der Waals surface area contributed by atoms with Crippen LogP contribution in [0.2, 0.25) is 0 Å². The molecule has 0 radical (unpaired) electrons. The number of hydrogen-bond donors (Lipinski definition) is 3. The standard InChI is InChI=1S/C26H25FN4O3S/c1-5-28-24(32)18-11-15-16(13-30(4)25(33)21(15)29-18)23-19(12-20(35-23)26(2,3)34)31-10-9-14-7-6-8-17(27)22(14)31/h6-13,29,34H,5H2,1-4H3,(H,28,32). The number of nitrogens with zero attached hydrogens (tertiary/aromatic N) is 2. The summed E-state index contributed by atoms with van der Waals surface area (Å²) in [6.45, 7) is 5.66. The molecule has 0 atom stereocenters. The maximum absolute atomic E-state index is 14.9. The minimum Gasteiger partial charge on any atom is -0.385 e. The summed E-state index contributed by atoms with van der Waals surface area (Å²) in [5.74, 6) is -0.668. The highest BCUT2D eigenvalue weighted by Gasteiger charge is 2.26. The Labute approximate surface area is 204 Å².